The van der Waals surface area contributed by atoms with E-state index >= 15 is 0 Å². The van der Waals surface area contributed by atoms with Gasteiger partial charge in [0.15, 0.2) is 5.65 Å². The summed E-state index contributed by atoms with van der Waals surface area (Å²) in [5.74, 6) is 0.440. The van der Waals surface area contributed by atoms with Crippen LogP contribution in [0.5, 0.6) is 0 Å². The van der Waals surface area contributed by atoms with Crippen molar-refractivity contribution in [3.05, 3.63) is 72.2 Å². The van der Waals surface area contributed by atoms with Crippen molar-refractivity contribution in [3.63, 3.8) is 0 Å². The molecule has 1 aromatic carbocycles. The minimum absolute atomic E-state index is 0.203. The first-order valence-corrected chi connectivity index (χ1v) is 11.5. The van der Waals surface area contributed by atoms with Gasteiger partial charge in [-0.2, -0.15) is 0 Å². The van der Waals surface area contributed by atoms with Crippen LogP contribution < -0.4 is 15.1 Å². The van der Waals surface area contributed by atoms with Crippen molar-refractivity contribution in [2.45, 2.75) is 12.8 Å². The van der Waals surface area contributed by atoms with Crippen LogP contribution in [0.2, 0.25) is 0 Å². The Hall–Kier alpha value is -3.85. The second-order valence-corrected chi connectivity index (χ2v) is 8.62. The summed E-state index contributed by atoms with van der Waals surface area (Å²) in [6.07, 6.45) is 8.50. The van der Waals surface area contributed by atoms with Crippen LogP contribution in [0, 0.1) is 5.82 Å². The molecule has 0 unspecified atom stereocenters. The molecule has 1 N–H and O–H groups in total. The monoisotopic (exact) mass is 457 g/mol. The van der Waals surface area contributed by atoms with E-state index in [0.717, 1.165) is 67.3 Å². The summed E-state index contributed by atoms with van der Waals surface area (Å²) in [6, 6.07) is 8.60. The molecule has 2 aliphatic rings. The summed E-state index contributed by atoms with van der Waals surface area (Å²) in [5.41, 5.74) is 4.42. The molecular weight excluding hydrogens is 433 g/mol. The van der Waals surface area contributed by atoms with Crippen molar-refractivity contribution < 1.29 is 9.18 Å². The molecule has 172 valence electrons. The first kappa shape index (κ1) is 20.7. The highest BCUT2D eigenvalue weighted by molar-refractivity contribution is 6.05. The fraction of sp³-hybridized carbons (Fsp3) is 0.280. The number of carbonyl (C=O) groups is 1. The Morgan fingerprint density at radius 1 is 1.00 bits per heavy atom. The van der Waals surface area contributed by atoms with Gasteiger partial charge in [0.25, 0.3) is 5.91 Å². The lowest BCUT2D eigenvalue weighted by Crippen LogP contribution is -2.43. The fourth-order valence-corrected chi connectivity index (χ4v) is 4.77. The number of nitrogens with zero attached hydrogens (tertiary/aromatic N) is 6. The summed E-state index contributed by atoms with van der Waals surface area (Å²) < 4.78 is 15.6. The van der Waals surface area contributed by atoms with Gasteiger partial charge >= 0.3 is 0 Å². The third-order valence-electron chi connectivity index (χ3n) is 6.50. The fourth-order valence-electron chi connectivity index (χ4n) is 4.77. The number of pyridine rings is 1. The molecular formula is C25H24FN7O. The normalized spacial score (nSPS) is 16.0. The van der Waals surface area contributed by atoms with Gasteiger partial charge in [-0.3, -0.25) is 9.20 Å². The molecule has 1 amide bonds. The molecule has 0 saturated carbocycles. The van der Waals surface area contributed by atoms with Crippen molar-refractivity contribution in [2.24, 2.45) is 0 Å². The van der Waals surface area contributed by atoms with Gasteiger partial charge in [-0.1, -0.05) is 0 Å². The van der Waals surface area contributed by atoms with Crippen molar-refractivity contribution in [2.75, 3.05) is 42.5 Å². The van der Waals surface area contributed by atoms with E-state index in [9.17, 15) is 9.18 Å². The number of hydrogen-bond donors (Lipinski definition) is 1. The second-order valence-electron chi connectivity index (χ2n) is 8.62. The zero-order valence-corrected chi connectivity index (χ0v) is 18.6. The predicted octanol–water partition coefficient (Wildman–Crippen LogP) is 2.93. The lowest BCUT2D eigenvalue weighted by molar-refractivity contribution is 0.0980. The van der Waals surface area contributed by atoms with Crippen LogP contribution in [0.25, 0.3) is 16.9 Å². The summed E-state index contributed by atoms with van der Waals surface area (Å²) in [7, 11) is 0. The average molecular weight is 458 g/mol. The number of aryl methyl sites for hydroxylation is 1. The van der Waals surface area contributed by atoms with Gasteiger partial charge in [-0.15, -0.1) is 0 Å². The molecule has 5 heterocycles. The number of imidazole rings is 1. The summed E-state index contributed by atoms with van der Waals surface area (Å²) >= 11 is 0. The van der Waals surface area contributed by atoms with Gasteiger partial charge in [-0.25, -0.2) is 19.3 Å². The molecule has 34 heavy (non-hydrogen) atoms. The Labute approximate surface area is 196 Å². The molecule has 6 rings (SSSR count). The lowest BCUT2D eigenvalue weighted by atomic mass is 10.0. The van der Waals surface area contributed by atoms with Crippen LogP contribution in [0.15, 0.2) is 55.1 Å². The number of piperazine rings is 1. The molecule has 4 aromatic rings. The van der Waals surface area contributed by atoms with E-state index < -0.39 is 0 Å². The molecule has 0 bridgehead atoms. The predicted molar refractivity (Wildman–Crippen MR) is 128 cm³/mol. The molecule has 9 heteroatoms. The van der Waals surface area contributed by atoms with E-state index in [0.29, 0.717) is 17.9 Å². The van der Waals surface area contributed by atoms with E-state index in [1.807, 2.05) is 16.7 Å². The standard InChI is InChI=1S/C25H24FN7O/c26-19-3-4-21-17(12-19)2-1-9-32(21)25(34)20-16-33-22(14-30-24(33)15-29-20)18-5-6-28-23(13-18)31-10-7-27-8-11-31/h3-6,12-16,27H,1-2,7-11H2. The molecule has 1 fully saturated rings. The highest BCUT2D eigenvalue weighted by Crippen LogP contribution is 2.29. The quantitative estimate of drug-likeness (QED) is 0.510. The van der Waals surface area contributed by atoms with Gasteiger partial charge in [-0.05, 0) is 48.7 Å². The highest BCUT2D eigenvalue weighted by Gasteiger charge is 2.25. The van der Waals surface area contributed by atoms with Gasteiger partial charge in [0, 0.05) is 56.4 Å². The van der Waals surface area contributed by atoms with Crippen molar-refractivity contribution in [3.8, 4) is 11.3 Å². The first-order valence-electron chi connectivity index (χ1n) is 11.5. The van der Waals surface area contributed by atoms with Crippen LogP contribution in [0.3, 0.4) is 0 Å². The lowest BCUT2D eigenvalue weighted by Gasteiger charge is -2.29. The molecule has 1 saturated heterocycles. The van der Waals surface area contributed by atoms with Crippen LogP contribution in [-0.2, 0) is 6.42 Å². The van der Waals surface area contributed by atoms with Gasteiger partial charge in [0.1, 0.15) is 17.3 Å². The maximum absolute atomic E-state index is 13.7. The molecule has 2 aliphatic heterocycles. The van der Waals surface area contributed by atoms with E-state index in [1.165, 1.54) is 12.1 Å². The maximum Gasteiger partial charge on any atom is 0.278 e. The highest BCUT2D eigenvalue weighted by atomic mass is 19.1. The smallest absolute Gasteiger partial charge is 0.278 e. The van der Waals surface area contributed by atoms with E-state index in [4.69, 9.17) is 0 Å². The largest absolute Gasteiger partial charge is 0.354 e. The van der Waals surface area contributed by atoms with Crippen LogP contribution >= 0.6 is 0 Å². The molecule has 0 radical (unpaired) electrons. The number of nitrogens with one attached hydrogen (secondary N) is 1. The maximum atomic E-state index is 13.7. The summed E-state index contributed by atoms with van der Waals surface area (Å²) in [6.45, 7) is 4.27. The van der Waals surface area contributed by atoms with E-state index in [1.54, 1.807) is 29.6 Å². The number of hydrogen-bond acceptors (Lipinski definition) is 6. The SMILES string of the molecule is O=C(c1cn2c(-c3ccnc(N4CCNCC4)c3)cnc2cn1)N1CCCc2cc(F)ccc21. The number of aromatic nitrogens is 4. The second kappa shape index (κ2) is 8.49. The molecule has 8 nitrogen and oxygen atoms in total. The van der Waals surface area contributed by atoms with Gasteiger partial charge in [0.2, 0.25) is 0 Å². The van der Waals surface area contributed by atoms with Gasteiger partial charge < -0.3 is 15.1 Å². The average Bonchev–Trinajstić information content (AvgIpc) is 3.32. The van der Waals surface area contributed by atoms with Crippen LogP contribution in [-0.4, -0.2) is 58.0 Å². The molecule has 0 aliphatic carbocycles. The number of amides is 1. The Kier molecular flexibility index (Phi) is 5.18. The third kappa shape index (κ3) is 3.67. The molecule has 3 aromatic heterocycles. The van der Waals surface area contributed by atoms with Crippen LogP contribution in [0.1, 0.15) is 22.5 Å². The van der Waals surface area contributed by atoms with E-state index in [2.05, 4.69) is 31.2 Å². The topological polar surface area (TPSA) is 78.7 Å². The number of halogens is 1. The number of anilines is 2. The Morgan fingerprint density at radius 3 is 2.76 bits per heavy atom. The number of fused-ring (bicyclic) bond motifs is 2. The minimum atomic E-state index is -0.284. The van der Waals surface area contributed by atoms with Crippen LogP contribution in [0.4, 0.5) is 15.9 Å². The van der Waals surface area contributed by atoms with Crippen molar-refractivity contribution in [1.29, 1.82) is 0 Å². The number of carbonyl (C=O) groups excluding carboxylic acids is 1. The van der Waals surface area contributed by atoms with E-state index in [-0.39, 0.29) is 11.7 Å². The zero-order chi connectivity index (χ0) is 23.1. The van der Waals surface area contributed by atoms with Crippen molar-refractivity contribution in [1.82, 2.24) is 24.7 Å². The Bertz CT molecular complexity index is 1380. The molecule has 0 atom stereocenters. The third-order valence-corrected chi connectivity index (χ3v) is 6.50. The van der Waals surface area contributed by atoms with Crippen molar-refractivity contribution >= 4 is 23.1 Å². The number of rotatable bonds is 3. The Balaban J connectivity index is 1.35. The summed E-state index contributed by atoms with van der Waals surface area (Å²) in [5, 5.41) is 3.36. The summed E-state index contributed by atoms with van der Waals surface area (Å²) in [4.78, 5) is 30.8. The van der Waals surface area contributed by atoms with Gasteiger partial charge in [0.05, 0.1) is 18.1 Å². The first-order chi connectivity index (χ1) is 16.7. The minimum Gasteiger partial charge on any atom is -0.354 e. The molecule has 0 spiro atoms. The zero-order valence-electron chi connectivity index (χ0n) is 18.6. The Morgan fingerprint density at radius 2 is 1.88 bits per heavy atom. The number of benzene rings is 1.